The lowest BCUT2D eigenvalue weighted by Crippen LogP contribution is -2.41. The van der Waals surface area contributed by atoms with Crippen LogP contribution in [0.5, 0.6) is 0 Å². The Bertz CT molecular complexity index is 554. The zero-order chi connectivity index (χ0) is 14.3. The zero-order valence-corrected chi connectivity index (χ0v) is 11.6. The first-order chi connectivity index (χ1) is 9.59. The van der Waals surface area contributed by atoms with Crippen molar-refractivity contribution in [3.8, 4) is 0 Å². The number of hydrogen-bond donors (Lipinski definition) is 1. The first-order valence-corrected chi connectivity index (χ1v) is 7.18. The summed E-state index contributed by atoms with van der Waals surface area (Å²) >= 11 is 0. The first kappa shape index (κ1) is 13.2. The summed E-state index contributed by atoms with van der Waals surface area (Å²) in [5.41, 5.74) is 2.45. The molecule has 1 amide bonds. The van der Waals surface area contributed by atoms with Gasteiger partial charge in [-0.05, 0) is 43.2 Å². The van der Waals surface area contributed by atoms with Gasteiger partial charge in [0.15, 0.2) is 0 Å². The molecule has 1 aromatic rings. The number of hydrogen-bond acceptors (Lipinski definition) is 2. The van der Waals surface area contributed by atoms with E-state index in [0.717, 1.165) is 12.8 Å². The Hall–Kier alpha value is -1.84. The van der Waals surface area contributed by atoms with Crippen LogP contribution in [0.25, 0.3) is 0 Å². The Morgan fingerprint density at radius 3 is 2.75 bits per heavy atom. The number of carbonyl (C=O) groups is 2. The Labute approximate surface area is 118 Å². The molecule has 106 valence electrons. The van der Waals surface area contributed by atoms with Crippen LogP contribution in [0.1, 0.15) is 36.3 Å². The van der Waals surface area contributed by atoms with Gasteiger partial charge in [-0.25, -0.2) is 4.79 Å². The van der Waals surface area contributed by atoms with Crippen molar-refractivity contribution in [3.05, 3.63) is 35.4 Å². The smallest absolute Gasteiger partial charge is 0.326 e. The van der Waals surface area contributed by atoms with E-state index in [1.54, 1.807) is 4.90 Å². The first-order valence-electron chi connectivity index (χ1n) is 7.18. The highest BCUT2D eigenvalue weighted by Crippen LogP contribution is 2.50. The lowest BCUT2D eigenvalue weighted by atomic mass is 10.0. The van der Waals surface area contributed by atoms with Crippen LogP contribution < -0.4 is 0 Å². The fourth-order valence-corrected chi connectivity index (χ4v) is 3.31. The minimum Gasteiger partial charge on any atom is -0.480 e. The number of nitrogens with zero attached hydrogens (tertiary/aromatic N) is 1. The summed E-state index contributed by atoms with van der Waals surface area (Å²) in [6, 6.07) is 7.52. The number of rotatable bonds is 3. The predicted octanol–water partition coefficient (Wildman–Crippen LogP) is 2.17. The average molecular weight is 273 g/mol. The summed E-state index contributed by atoms with van der Waals surface area (Å²) in [7, 11) is 0. The Morgan fingerprint density at radius 1 is 1.30 bits per heavy atom. The van der Waals surface area contributed by atoms with Gasteiger partial charge in [-0.2, -0.15) is 0 Å². The van der Waals surface area contributed by atoms with Gasteiger partial charge in [0, 0.05) is 12.5 Å². The van der Waals surface area contributed by atoms with Crippen LogP contribution in [0, 0.1) is 12.8 Å². The topological polar surface area (TPSA) is 57.6 Å². The molecule has 1 aliphatic carbocycles. The van der Waals surface area contributed by atoms with Crippen LogP contribution in [-0.4, -0.2) is 34.5 Å². The number of benzene rings is 1. The van der Waals surface area contributed by atoms with E-state index in [1.165, 1.54) is 11.1 Å². The molecule has 0 aromatic heterocycles. The normalized spacial score (nSPS) is 28.4. The molecule has 0 spiro atoms. The number of likely N-dealkylation sites (tertiary alicyclic amines) is 1. The Kier molecular flexibility index (Phi) is 3.24. The molecular weight excluding hydrogens is 254 g/mol. The molecule has 1 saturated carbocycles. The quantitative estimate of drug-likeness (QED) is 0.918. The van der Waals surface area contributed by atoms with Crippen molar-refractivity contribution in [2.45, 2.75) is 38.1 Å². The van der Waals surface area contributed by atoms with E-state index in [-0.39, 0.29) is 17.7 Å². The van der Waals surface area contributed by atoms with Crippen molar-refractivity contribution < 1.29 is 14.7 Å². The summed E-state index contributed by atoms with van der Waals surface area (Å²) in [4.78, 5) is 25.2. The van der Waals surface area contributed by atoms with Crippen molar-refractivity contribution in [3.63, 3.8) is 0 Å². The van der Waals surface area contributed by atoms with E-state index in [4.69, 9.17) is 5.11 Å². The van der Waals surface area contributed by atoms with Crippen molar-refractivity contribution in [1.82, 2.24) is 4.90 Å². The molecule has 1 N–H and O–H groups in total. The maximum absolute atomic E-state index is 12.5. The fraction of sp³-hybridized carbons (Fsp3) is 0.500. The highest BCUT2D eigenvalue weighted by Gasteiger charge is 2.48. The molecule has 20 heavy (non-hydrogen) atoms. The molecule has 1 heterocycles. The van der Waals surface area contributed by atoms with Crippen molar-refractivity contribution in [2.75, 3.05) is 6.54 Å². The van der Waals surface area contributed by atoms with Crippen LogP contribution in [-0.2, 0) is 9.59 Å². The summed E-state index contributed by atoms with van der Waals surface area (Å²) in [5, 5.41) is 9.17. The van der Waals surface area contributed by atoms with Gasteiger partial charge in [0.05, 0.1) is 0 Å². The minimum absolute atomic E-state index is 0.0175. The third-order valence-corrected chi connectivity index (χ3v) is 4.52. The van der Waals surface area contributed by atoms with Gasteiger partial charge >= 0.3 is 5.97 Å². The molecular formula is C16H19NO3. The van der Waals surface area contributed by atoms with E-state index < -0.39 is 12.0 Å². The number of carbonyl (C=O) groups excluding carboxylic acids is 1. The van der Waals surface area contributed by atoms with E-state index >= 15 is 0 Å². The second-order valence-corrected chi connectivity index (χ2v) is 5.83. The van der Waals surface area contributed by atoms with E-state index in [2.05, 4.69) is 19.1 Å². The second-order valence-electron chi connectivity index (χ2n) is 5.83. The average Bonchev–Trinajstić information content (AvgIpc) is 3.05. The maximum atomic E-state index is 12.5. The van der Waals surface area contributed by atoms with Gasteiger partial charge in [-0.1, -0.05) is 24.3 Å². The molecule has 2 unspecified atom stereocenters. The summed E-state index contributed by atoms with van der Waals surface area (Å²) in [5.74, 6) is -0.582. The number of carboxylic acid groups (broad SMARTS) is 1. The van der Waals surface area contributed by atoms with Gasteiger partial charge in [0.25, 0.3) is 0 Å². The minimum atomic E-state index is -0.871. The monoisotopic (exact) mass is 273 g/mol. The van der Waals surface area contributed by atoms with Gasteiger partial charge in [0.1, 0.15) is 6.04 Å². The van der Waals surface area contributed by atoms with Gasteiger partial charge in [0.2, 0.25) is 5.91 Å². The van der Waals surface area contributed by atoms with Crippen molar-refractivity contribution in [2.24, 2.45) is 5.92 Å². The van der Waals surface area contributed by atoms with E-state index in [0.29, 0.717) is 13.0 Å². The summed E-state index contributed by atoms with van der Waals surface area (Å²) in [6.45, 7) is 2.65. The third-order valence-electron chi connectivity index (χ3n) is 4.52. The molecule has 1 saturated heterocycles. The molecule has 1 aliphatic heterocycles. The molecule has 3 rings (SSSR count). The predicted molar refractivity (Wildman–Crippen MR) is 74.4 cm³/mol. The summed E-state index contributed by atoms with van der Waals surface area (Å²) < 4.78 is 0. The standard InChI is InChI=1S/C16H19NO3/c1-10-5-2-3-6-11(10)12-9-13(12)15(18)17-8-4-7-14(17)16(19)20/h2-3,5-6,12-14H,4,7-9H2,1H3,(H,19,20)/t12?,13?,14-/m1/s1. The molecule has 4 nitrogen and oxygen atoms in total. The van der Waals surface area contributed by atoms with Crippen LogP contribution in [0.3, 0.4) is 0 Å². The zero-order valence-electron chi connectivity index (χ0n) is 11.6. The fourth-order valence-electron chi connectivity index (χ4n) is 3.31. The number of carboxylic acids is 1. The van der Waals surface area contributed by atoms with Crippen LogP contribution in [0.4, 0.5) is 0 Å². The van der Waals surface area contributed by atoms with Crippen molar-refractivity contribution in [1.29, 1.82) is 0 Å². The van der Waals surface area contributed by atoms with Crippen LogP contribution >= 0.6 is 0 Å². The SMILES string of the molecule is Cc1ccccc1C1CC1C(=O)N1CCC[C@@H]1C(=O)O. The molecule has 1 aromatic carbocycles. The molecule has 2 fully saturated rings. The van der Waals surface area contributed by atoms with Crippen LogP contribution in [0.15, 0.2) is 24.3 Å². The third kappa shape index (κ3) is 2.19. The lowest BCUT2D eigenvalue weighted by molar-refractivity contribution is -0.148. The Balaban J connectivity index is 1.72. The van der Waals surface area contributed by atoms with E-state index in [9.17, 15) is 9.59 Å². The Morgan fingerprint density at radius 2 is 2.05 bits per heavy atom. The molecule has 0 radical (unpaired) electrons. The van der Waals surface area contributed by atoms with E-state index in [1.807, 2.05) is 12.1 Å². The second kappa shape index (κ2) is 4.93. The van der Waals surface area contributed by atoms with Gasteiger partial charge in [-0.3, -0.25) is 4.79 Å². The highest BCUT2D eigenvalue weighted by molar-refractivity contribution is 5.88. The highest BCUT2D eigenvalue weighted by atomic mass is 16.4. The summed E-state index contributed by atoms with van der Waals surface area (Å²) in [6.07, 6.45) is 2.24. The lowest BCUT2D eigenvalue weighted by Gasteiger charge is -2.21. The molecule has 2 aliphatic rings. The maximum Gasteiger partial charge on any atom is 0.326 e. The molecule has 3 atom stereocenters. The number of aryl methyl sites for hydroxylation is 1. The van der Waals surface area contributed by atoms with Crippen LogP contribution in [0.2, 0.25) is 0 Å². The van der Waals surface area contributed by atoms with Crippen molar-refractivity contribution >= 4 is 11.9 Å². The van der Waals surface area contributed by atoms with Gasteiger partial charge in [-0.15, -0.1) is 0 Å². The van der Waals surface area contributed by atoms with Gasteiger partial charge < -0.3 is 10.0 Å². The largest absolute Gasteiger partial charge is 0.480 e. The molecule has 0 bridgehead atoms. The number of aliphatic carboxylic acids is 1. The molecule has 4 heteroatoms. The number of amides is 1.